The summed E-state index contributed by atoms with van der Waals surface area (Å²) >= 11 is 10.9. The molecular weight excluding hydrogens is 334 g/mol. The average Bonchev–Trinajstić information content (AvgIpc) is 2.76. The Balaban J connectivity index is 2.22. The van der Waals surface area contributed by atoms with Gasteiger partial charge in [0.05, 0.1) is 14.7 Å². The summed E-state index contributed by atoms with van der Waals surface area (Å²) < 4.78 is 0.937. The maximum atomic E-state index is 12.0. The number of rotatable bonds is 3. The molecule has 1 aromatic heterocycles. The Morgan fingerprint density at radius 1 is 1.44 bits per heavy atom. The third kappa shape index (κ3) is 3.13. The number of anilines is 1. The minimum atomic E-state index is -0.143. The van der Waals surface area contributed by atoms with Gasteiger partial charge in [-0.1, -0.05) is 18.2 Å². The Hall–Kier alpha value is -0.840. The maximum absolute atomic E-state index is 12.0. The van der Waals surface area contributed by atoms with Crippen LogP contribution in [0.5, 0.6) is 0 Å². The van der Waals surface area contributed by atoms with Crippen molar-refractivity contribution in [2.75, 3.05) is 5.32 Å². The van der Waals surface area contributed by atoms with Gasteiger partial charge in [0.2, 0.25) is 0 Å². The monoisotopic (exact) mass is 343 g/mol. The summed E-state index contributed by atoms with van der Waals surface area (Å²) in [6.07, 6.45) is 0. The fraction of sp³-hybridized carbons (Fsp3) is 0.154. The predicted molar refractivity (Wildman–Crippen MR) is 80.7 cm³/mol. The summed E-state index contributed by atoms with van der Waals surface area (Å²) in [6, 6.07) is 9.35. The largest absolute Gasteiger partial charge is 0.322 e. The molecule has 1 N–H and O–H groups in total. The molecule has 5 heteroatoms. The molecule has 2 rings (SSSR count). The van der Waals surface area contributed by atoms with E-state index in [1.54, 1.807) is 6.07 Å². The number of hydrogen-bond acceptors (Lipinski definition) is 2. The van der Waals surface area contributed by atoms with E-state index in [0.717, 1.165) is 15.0 Å². The van der Waals surface area contributed by atoms with Gasteiger partial charge in [-0.25, -0.2) is 0 Å². The zero-order valence-electron chi connectivity index (χ0n) is 9.61. The minimum Gasteiger partial charge on any atom is -0.322 e. The van der Waals surface area contributed by atoms with Crippen LogP contribution in [0.1, 0.15) is 28.2 Å². The standard InChI is InChI=1S/C13H11BrClNOS/c1-8(15)10-4-2-3-5-11(10)16-13(17)9-6-12(14)18-7-9/h2-8H,1H3,(H,16,17). The predicted octanol–water partition coefficient (Wildman–Crippen LogP) is 5.06. The van der Waals surface area contributed by atoms with Crippen LogP contribution in [0.25, 0.3) is 0 Å². The Kier molecular flexibility index (Phi) is 4.43. The molecule has 0 radical (unpaired) electrons. The van der Waals surface area contributed by atoms with Crippen molar-refractivity contribution >= 4 is 50.5 Å². The second-order valence-electron chi connectivity index (χ2n) is 3.80. The van der Waals surface area contributed by atoms with Gasteiger partial charge in [-0.2, -0.15) is 0 Å². The van der Waals surface area contributed by atoms with E-state index >= 15 is 0 Å². The molecule has 2 nitrogen and oxygen atoms in total. The molecule has 0 aliphatic heterocycles. The number of thiophene rings is 1. The quantitative estimate of drug-likeness (QED) is 0.774. The van der Waals surface area contributed by atoms with Gasteiger partial charge in [-0.3, -0.25) is 4.79 Å². The van der Waals surface area contributed by atoms with E-state index in [0.29, 0.717) is 5.56 Å². The molecule has 0 fully saturated rings. The lowest BCUT2D eigenvalue weighted by molar-refractivity contribution is 0.102. The highest BCUT2D eigenvalue weighted by Gasteiger charge is 2.12. The van der Waals surface area contributed by atoms with E-state index in [2.05, 4.69) is 21.2 Å². The summed E-state index contributed by atoms with van der Waals surface area (Å²) in [6.45, 7) is 1.88. The van der Waals surface area contributed by atoms with Crippen molar-refractivity contribution < 1.29 is 4.79 Å². The molecule has 1 unspecified atom stereocenters. The number of benzene rings is 1. The van der Waals surface area contributed by atoms with Gasteiger partial charge >= 0.3 is 0 Å². The van der Waals surface area contributed by atoms with E-state index in [-0.39, 0.29) is 11.3 Å². The summed E-state index contributed by atoms with van der Waals surface area (Å²) in [5, 5.41) is 4.55. The zero-order chi connectivity index (χ0) is 13.1. The molecule has 1 aromatic carbocycles. The third-order valence-corrected chi connectivity index (χ3v) is 4.21. The van der Waals surface area contributed by atoms with Crippen LogP contribution in [0.4, 0.5) is 5.69 Å². The first kappa shape index (κ1) is 13.6. The molecule has 0 aliphatic carbocycles. The molecule has 18 heavy (non-hydrogen) atoms. The van der Waals surface area contributed by atoms with Crippen LogP contribution >= 0.6 is 38.9 Å². The van der Waals surface area contributed by atoms with Crippen molar-refractivity contribution in [3.05, 3.63) is 50.6 Å². The average molecular weight is 345 g/mol. The van der Waals surface area contributed by atoms with Crippen molar-refractivity contribution in [3.63, 3.8) is 0 Å². The van der Waals surface area contributed by atoms with Gasteiger partial charge in [0, 0.05) is 11.1 Å². The second-order valence-corrected chi connectivity index (χ2v) is 6.74. The Morgan fingerprint density at radius 2 is 2.17 bits per heavy atom. The third-order valence-electron chi connectivity index (χ3n) is 2.47. The van der Waals surface area contributed by atoms with E-state index < -0.39 is 0 Å². The Morgan fingerprint density at radius 3 is 2.78 bits per heavy atom. The van der Waals surface area contributed by atoms with Crippen LogP contribution in [0, 0.1) is 0 Å². The molecule has 0 saturated carbocycles. The highest BCUT2D eigenvalue weighted by Crippen LogP contribution is 2.28. The molecule has 1 amide bonds. The zero-order valence-corrected chi connectivity index (χ0v) is 12.8. The second kappa shape index (κ2) is 5.87. The van der Waals surface area contributed by atoms with Crippen LogP contribution in [-0.2, 0) is 0 Å². The van der Waals surface area contributed by atoms with Crippen molar-refractivity contribution in [1.82, 2.24) is 0 Å². The summed E-state index contributed by atoms with van der Waals surface area (Å²) in [5.74, 6) is -0.123. The minimum absolute atomic E-state index is 0.123. The van der Waals surface area contributed by atoms with E-state index in [1.165, 1.54) is 11.3 Å². The lowest BCUT2D eigenvalue weighted by Gasteiger charge is -2.11. The smallest absolute Gasteiger partial charge is 0.256 e. The normalized spacial score (nSPS) is 12.2. The van der Waals surface area contributed by atoms with Gasteiger partial charge in [-0.15, -0.1) is 22.9 Å². The highest BCUT2D eigenvalue weighted by atomic mass is 79.9. The molecule has 2 aromatic rings. The summed E-state index contributed by atoms with van der Waals surface area (Å²) in [7, 11) is 0. The first-order valence-corrected chi connectivity index (χ1v) is 7.47. The molecule has 0 aliphatic rings. The fourth-order valence-corrected chi connectivity index (χ4v) is 2.91. The SMILES string of the molecule is CC(Cl)c1ccccc1NC(=O)c1csc(Br)c1. The number of alkyl halides is 1. The van der Waals surface area contributed by atoms with Crippen molar-refractivity contribution in [2.24, 2.45) is 0 Å². The van der Waals surface area contributed by atoms with Crippen molar-refractivity contribution in [1.29, 1.82) is 0 Å². The van der Waals surface area contributed by atoms with Gasteiger partial charge < -0.3 is 5.32 Å². The molecule has 94 valence electrons. The van der Waals surface area contributed by atoms with E-state index in [4.69, 9.17) is 11.6 Å². The van der Waals surface area contributed by atoms with E-state index in [1.807, 2.05) is 36.6 Å². The number of para-hydroxylation sites is 1. The van der Waals surface area contributed by atoms with E-state index in [9.17, 15) is 4.79 Å². The lowest BCUT2D eigenvalue weighted by Crippen LogP contribution is -2.12. The van der Waals surface area contributed by atoms with Gasteiger partial charge in [0.25, 0.3) is 5.91 Å². The number of nitrogens with one attached hydrogen (secondary N) is 1. The van der Waals surface area contributed by atoms with Crippen molar-refractivity contribution in [3.8, 4) is 0 Å². The Bertz CT molecular complexity index is 568. The highest BCUT2D eigenvalue weighted by molar-refractivity contribution is 9.11. The molecular formula is C13H11BrClNOS. The van der Waals surface area contributed by atoms with Crippen LogP contribution in [0.2, 0.25) is 0 Å². The van der Waals surface area contributed by atoms with Crippen LogP contribution in [0.3, 0.4) is 0 Å². The number of hydrogen-bond donors (Lipinski definition) is 1. The molecule has 1 heterocycles. The molecule has 0 bridgehead atoms. The summed E-state index contributed by atoms with van der Waals surface area (Å²) in [5.41, 5.74) is 2.32. The summed E-state index contributed by atoms with van der Waals surface area (Å²) in [4.78, 5) is 12.0. The molecule has 1 atom stereocenters. The van der Waals surface area contributed by atoms with Gasteiger partial charge in [0.15, 0.2) is 0 Å². The number of halogens is 2. The number of carbonyl (C=O) groups is 1. The number of amides is 1. The lowest BCUT2D eigenvalue weighted by atomic mass is 10.1. The fourth-order valence-electron chi connectivity index (χ4n) is 1.58. The van der Waals surface area contributed by atoms with Gasteiger partial charge in [-0.05, 0) is 40.5 Å². The molecule has 0 saturated heterocycles. The first-order chi connectivity index (χ1) is 8.58. The van der Waals surface area contributed by atoms with Crippen molar-refractivity contribution in [2.45, 2.75) is 12.3 Å². The maximum Gasteiger partial charge on any atom is 0.256 e. The van der Waals surface area contributed by atoms with Crippen LogP contribution in [0.15, 0.2) is 39.5 Å². The van der Waals surface area contributed by atoms with Gasteiger partial charge in [0.1, 0.15) is 0 Å². The topological polar surface area (TPSA) is 29.1 Å². The molecule has 0 spiro atoms. The first-order valence-electron chi connectivity index (χ1n) is 5.36. The van der Waals surface area contributed by atoms with Crippen LogP contribution < -0.4 is 5.32 Å². The number of carbonyl (C=O) groups excluding carboxylic acids is 1. The Labute approximate surface area is 123 Å². The van der Waals surface area contributed by atoms with Crippen LogP contribution in [-0.4, -0.2) is 5.91 Å².